The molecule has 0 radical (unpaired) electrons. The summed E-state index contributed by atoms with van der Waals surface area (Å²) in [5, 5.41) is 2.80. The first-order valence-electron chi connectivity index (χ1n) is 6.56. The molecule has 0 unspecified atom stereocenters. The summed E-state index contributed by atoms with van der Waals surface area (Å²) >= 11 is 0. The number of benzene rings is 1. The number of carbonyl (C=O) groups is 1. The number of anilines is 1. The average molecular weight is 273 g/mol. The lowest BCUT2D eigenvalue weighted by Crippen LogP contribution is -2.39. The van der Waals surface area contributed by atoms with Crippen LogP contribution in [0.3, 0.4) is 0 Å². The van der Waals surface area contributed by atoms with Crippen LogP contribution in [0, 0.1) is 12.8 Å². The predicted molar refractivity (Wildman–Crippen MR) is 78.1 cm³/mol. The fourth-order valence-electron chi connectivity index (χ4n) is 1.74. The number of carbonyl (C=O) groups excluding carboxylic acids is 1. The van der Waals surface area contributed by atoms with Crippen LogP contribution in [0.4, 0.5) is 5.69 Å². The maximum absolute atomic E-state index is 11.8. The van der Waals surface area contributed by atoms with Crippen molar-refractivity contribution >= 4 is 11.6 Å². The van der Waals surface area contributed by atoms with Crippen LogP contribution in [-0.4, -0.2) is 16.9 Å². The molecule has 0 spiro atoms. The Morgan fingerprint density at radius 1 is 1.30 bits per heavy atom. The van der Waals surface area contributed by atoms with Crippen LogP contribution in [0.2, 0.25) is 0 Å². The molecule has 20 heavy (non-hydrogen) atoms. The summed E-state index contributed by atoms with van der Waals surface area (Å²) in [6.45, 7) is 5.63. The van der Waals surface area contributed by atoms with Gasteiger partial charge in [-0.15, -0.1) is 0 Å². The Kier molecular flexibility index (Phi) is 4.20. The Bertz CT molecular complexity index is 587. The van der Waals surface area contributed by atoms with Crippen LogP contribution in [0.15, 0.2) is 34.9 Å². The summed E-state index contributed by atoms with van der Waals surface area (Å²) in [6, 6.07) is 6.87. The Balaban J connectivity index is 2.07. The van der Waals surface area contributed by atoms with Gasteiger partial charge in [0, 0.05) is 18.2 Å². The number of hydrogen-bond acceptors (Lipinski definition) is 4. The van der Waals surface area contributed by atoms with Gasteiger partial charge < -0.3 is 15.5 Å². The van der Waals surface area contributed by atoms with E-state index in [1.807, 2.05) is 38.1 Å². The van der Waals surface area contributed by atoms with Crippen molar-refractivity contribution in [3.05, 3.63) is 36.4 Å². The number of nitrogens with zero attached hydrogens (tertiary/aromatic N) is 1. The van der Waals surface area contributed by atoms with E-state index in [1.54, 1.807) is 13.1 Å². The van der Waals surface area contributed by atoms with Crippen LogP contribution in [0.1, 0.15) is 19.7 Å². The summed E-state index contributed by atoms with van der Waals surface area (Å²) in [5.41, 5.74) is 7.42. The number of aryl methyl sites for hydroxylation is 1. The van der Waals surface area contributed by atoms with Crippen molar-refractivity contribution in [1.29, 1.82) is 0 Å². The smallest absolute Gasteiger partial charge is 0.241 e. The number of amides is 1. The second-order valence-electron chi connectivity index (χ2n) is 5.08. The van der Waals surface area contributed by atoms with Gasteiger partial charge >= 0.3 is 0 Å². The average Bonchev–Trinajstić information content (AvgIpc) is 2.85. The number of nitrogens with one attached hydrogen (secondary N) is 1. The second-order valence-corrected chi connectivity index (χ2v) is 5.08. The first-order chi connectivity index (χ1) is 9.47. The number of rotatable bonds is 4. The molecule has 0 fully saturated rings. The monoisotopic (exact) mass is 273 g/mol. The molecule has 0 aliphatic carbocycles. The number of oxazole rings is 1. The van der Waals surface area contributed by atoms with Gasteiger partial charge in [0.1, 0.15) is 0 Å². The molecule has 0 saturated heterocycles. The zero-order valence-corrected chi connectivity index (χ0v) is 11.9. The van der Waals surface area contributed by atoms with Gasteiger partial charge in [0.15, 0.2) is 11.7 Å². The standard InChI is InChI=1S/C15H19N3O2/c1-9(2)14(16)15(19)18-12-6-4-11(5-7-12)13-8-17-10(3)20-13/h4-9,14H,16H2,1-3H3,(H,18,19)/t14-/m0/s1. The minimum absolute atomic E-state index is 0.103. The predicted octanol–water partition coefficient (Wildman–Crippen LogP) is 2.57. The van der Waals surface area contributed by atoms with Gasteiger partial charge in [0.2, 0.25) is 5.91 Å². The molecular weight excluding hydrogens is 254 g/mol. The Morgan fingerprint density at radius 2 is 1.95 bits per heavy atom. The highest BCUT2D eigenvalue weighted by Crippen LogP contribution is 2.22. The first-order valence-corrected chi connectivity index (χ1v) is 6.56. The van der Waals surface area contributed by atoms with E-state index in [9.17, 15) is 4.79 Å². The molecule has 5 nitrogen and oxygen atoms in total. The lowest BCUT2D eigenvalue weighted by atomic mass is 10.0. The third kappa shape index (κ3) is 3.24. The van der Waals surface area contributed by atoms with Gasteiger partial charge in [0.05, 0.1) is 12.2 Å². The zero-order valence-electron chi connectivity index (χ0n) is 11.9. The molecule has 0 aliphatic rings. The van der Waals surface area contributed by atoms with Gasteiger partial charge in [-0.25, -0.2) is 4.98 Å². The van der Waals surface area contributed by atoms with Crippen LogP contribution in [0.5, 0.6) is 0 Å². The Labute approximate surface area is 118 Å². The van der Waals surface area contributed by atoms with Crippen LogP contribution < -0.4 is 11.1 Å². The second kappa shape index (κ2) is 5.88. The summed E-state index contributed by atoms with van der Waals surface area (Å²) < 4.78 is 5.44. The molecule has 1 atom stereocenters. The third-order valence-electron chi connectivity index (χ3n) is 3.08. The van der Waals surface area contributed by atoms with Crippen molar-refractivity contribution in [3.63, 3.8) is 0 Å². The Morgan fingerprint density at radius 3 is 2.45 bits per heavy atom. The quantitative estimate of drug-likeness (QED) is 0.897. The van der Waals surface area contributed by atoms with E-state index < -0.39 is 6.04 Å². The van der Waals surface area contributed by atoms with Crippen molar-refractivity contribution in [3.8, 4) is 11.3 Å². The van der Waals surface area contributed by atoms with Gasteiger partial charge in [-0.05, 0) is 30.2 Å². The van der Waals surface area contributed by atoms with E-state index in [1.165, 1.54) is 0 Å². The first kappa shape index (κ1) is 14.3. The summed E-state index contributed by atoms with van der Waals surface area (Å²) in [6.07, 6.45) is 1.68. The maximum atomic E-state index is 11.8. The van der Waals surface area contributed by atoms with Crippen LogP contribution in [-0.2, 0) is 4.79 Å². The molecule has 3 N–H and O–H groups in total. The molecule has 1 heterocycles. The fourth-order valence-corrected chi connectivity index (χ4v) is 1.74. The minimum atomic E-state index is -0.508. The molecular formula is C15H19N3O2. The largest absolute Gasteiger partial charge is 0.441 e. The molecule has 2 aromatic rings. The SMILES string of the molecule is Cc1ncc(-c2ccc(NC(=O)[C@@H](N)C(C)C)cc2)o1. The van der Waals surface area contributed by atoms with Crippen LogP contribution >= 0.6 is 0 Å². The minimum Gasteiger partial charge on any atom is -0.441 e. The van der Waals surface area contributed by atoms with Gasteiger partial charge in [0.25, 0.3) is 0 Å². The lowest BCUT2D eigenvalue weighted by Gasteiger charge is -2.15. The van der Waals surface area contributed by atoms with E-state index in [-0.39, 0.29) is 11.8 Å². The topological polar surface area (TPSA) is 81.2 Å². The Hall–Kier alpha value is -2.14. The molecule has 0 saturated carbocycles. The molecule has 2 rings (SSSR count). The fraction of sp³-hybridized carbons (Fsp3) is 0.333. The molecule has 1 aromatic heterocycles. The van der Waals surface area contributed by atoms with Crippen molar-refractivity contribution in [1.82, 2.24) is 4.98 Å². The molecule has 0 bridgehead atoms. The van der Waals surface area contributed by atoms with Gasteiger partial charge in [-0.2, -0.15) is 0 Å². The number of hydrogen-bond donors (Lipinski definition) is 2. The van der Waals surface area contributed by atoms with E-state index in [2.05, 4.69) is 10.3 Å². The van der Waals surface area contributed by atoms with E-state index in [0.29, 0.717) is 17.3 Å². The van der Waals surface area contributed by atoms with Crippen LogP contribution in [0.25, 0.3) is 11.3 Å². The highest BCUT2D eigenvalue weighted by molar-refractivity contribution is 5.95. The third-order valence-corrected chi connectivity index (χ3v) is 3.08. The molecule has 106 valence electrons. The highest BCUT2D eigenvalue weighted by atomic mass is 16.4. The highest BCUT2D eigenvalue weighted by Gasteiger charge is 2.17. The normalized spacial score (nSPS) is 12.4. The number of aromatic nitrogens is 1. The summed E-state index contributed by atoms with van der Waals surface area (Å²) in [7, 11) is 0. The van der Waals surface area contributed by atoms with Gasteiger partial charge in [-0.3, -0.25) is 4.79 Å². The van der Waals surface area contributed by atoms with Crippen molar-refractivity contribution in [2.24, 2.45) is 11.7 Å². The lowest BCUT2D eigenvalue weighted by molar-refractivity contribution is -0.118. The van der Waals surface area contributed by atoms with Gasteiger partial charge in [-0.1, -0.05) is 13.8 Å². The maximum Gasteiger partial charge on any atom is 0.241 e. The molecule has 1 amide bonds. The van der Waals surface area contributed by atoms with E-state index in [0.717, 1.165) is 5.56 Å². The summed E-state index contributed by atoms with van der Waals surface area (Å²) in [4.78, 5) is 15.9. The molecule has 1 aromatic carbocycles. The zero-order chi connectivity index (χ0) is 14.7. The van der Waals surface area contributed by atoms with E-state index >= 15 is 0 Å². The summed E-state index contributed by atoms with van der Waals surface area (Å²) in [5.74, 6) is 1.26. The van der Waals surface area contributed by atoms with Crippen molar-refractivity contribution < 1.29 is 9.21 Å². The molecule has 0 aliphatic heterocycles. The number of nitrogens with two attached hydrogens (primary N) is 1. The van der Waals surface area contributed by atoms with E-state index in [4.69, 9.17) is 10.2 Å². The van der Waals surface area contributed by atoms with Crippen molar-refractivity contribution in [2.75, 3.05) is 5.32 Å². The molecule has 5 heteroatoms. The van der Waals surface area contributed by atoms with Crippen molar-refractivity contribution in [2.45, 2.75) is 26.8 Å².